The Morgan fingerprint density at radius 2 is 1.96 bits per heavy atom. The first-order valence-corrected chi connectivity index (χ1v) is 9.65. The predicted octanol–water partition coefficient (Wildman–Crippen LogP) is 2.37. The van der Waals surface area contributed by atoms with E-state index in [0.29, 0.717) is 16.7 Å². The monoisotopic (exact) mass is 404 g/mol. The summed E-state index contributed by atoms with van der Waals surface area (Å²) in [6.07, 6.45) is 0. The SMILES string of the molecule is COc1ccc2c(=O)nc3c(S(=O)(=O)c4ccc(C)cc4Cl)n[nH]n3c2c1. The maximum Gasteiger partial charge on any atom is 0.281 e. The van der Waals surface area contributed by atoms with E-state index in [1.807, 2.05) is 0 Å². The number of aromatic amines is 1. The van der Waals surface area contributed by atoms with Gasteiger partial charge < -0.3 is 4.74 Å². The number of methoxy groups -OCH3 is 1. The molecule has 8 nitrogen and oxygen atoms in total. The third kappa shape index (κ3) is 2.66. The van der Waals surface area contributed by atoms with Crippen LogP contribution in [0, 0.1) is 6.92 Å². The summed E-state index contributed by atoms with van der Waals surface area (Å²) >= 11 is 6.13. The second-order valence-corrected chi connectivity index (χ2v) is 8.15. The van der Waals surface area contributed by atoms with Gasteiger partial charge in [-0.25, -0.2) is 18.1 Å². The number of halogens is 1. The van der Waals surface area contributed by atoms with Crippen LogP contribution in [0.2, 0.25) is 5.02 Å². The van der Waals surface area contributed by atoms with E-state index in [1.165, 1.54) is 17.7 Å². The summed E-state index contributed by atoms with van der Waals surface area (Å²) in [5, 5.41) is 6.50. The van der Waals surface area contributed by atoms with Gasteiger partial charge in [0, 0.05) is 6.07 Å². The van der Waals surface area contributed by atoms with Crippen molar-refractivity contribution in [2.75, 3.05) is 7.11 Å². The molecule has 0 atom stereocenters. The van der Waals surface area contributed by atoms with E-state index in [9.17, 15) is 13.2 Å². The van der Waals surface area contributed by atoms with Gasteiger partial charge in [0.15, 0.2) is 5.65 Å². The van der Waals surface area contributed by atoms with Gasteiger partial charge in [-0.2, -0.15) is 4.98 Å². The first-order chi connectivity index (χ1) is 12.8. The van der Waals surface area contributed by atoms with E-state index in [0.717, 1.165) is 5.56 Å². The van der Waals surface area contributed by atoms with Gasteiger partial charge in [0.25, 0.3) is 5.56 Å². The molecule has 138 valence electrons. The average Bonchev–Trinajstić information content (AvgIpc) is 3.05. The number of ether oxygens (including phenoxy) is 1. The Hall–Kier alpha value is -2.91. The van der Waals surface area contributed by atoms with Gasteiger partial charge in [0.1, 0.15) is 5.75 Å². The lowest BCUT2D eigenvalue weighted by atomic mass is 10.2. The first-order valence-electron chi connectivity index (χ1n) is 7.79. The molecule has 2 heterocycles. The maximum atomic E-state index is 13.1. The van der Waals surface area contributed by atoms with Crippen LogP contribution in [0.1, 0.15) is 5.56 Å². The number of fused-ring (bicyclic) bond motifs is 3. The quantitative estimate of drug-likeness (QED) is 0.561. The van der Waals surface area contributed by atoms with Gasteiger partial charge >= 0.3 is 0 Å². The van der Waals surface area contributed by atoms with Crippen LogP contribution >= 0.6 is 11.6 Å². The molecule has 4 rings (SSSR count). The third-order valence-corrected chi connectivity index (χ3v) is 6.31. The van der Waals surface area contributed by atoms with Crippen LogP contribution in [0.5, 0.6) is 5.75 Å². The Labute approximate surface area is 158 Å². The minimum Gasteiger partial charge on any atom is -0.497 e. The molecule has 0 saturated carbocycles. The fourth-order valence-corrected chi connectivity index (χ4v) is 4.67. The van der Waals surface area contributed by atoms with Crippen molar-refractivity contribution >= 4 is 38.0 Å². The molecule has 0 aliphatic rings. The van der Waals surface area contributed by atoms with Crippen LogP contribution in [0.4, 0.5) is 0 Å². The summed E-state index contributed by atoms with van der Waals surface area (Å²) in [6.45, 7) is 1.80. The van der Waals surface area contributed by atoms with E-state index in [1.54, 1.807) is 37.3 Å². The van der Waals surface area contributed by atoms with Crippen LogP contribution in [0.3, 0.4) is 0 Å². The molecule has 0 amide bonds. The Morgan fingerprint density at radius 3 is 2.67 bits per heavy atom. The van der Waals surface area contributed by atoms with Gasteiger partial charge in [0.2, 0.25) is 14.9 Å². The van der Waals surface area contributed by atoms with Gasteiger partial charge in [-0.3, -0.25) is 4.79 Å². The number of aromatic nitrogens is 4. The van der Waals surface area contributed by atoms with E-state index >= 15 is 0 Å². The molecule has 4 aromatic rings. The number of benzene rings is 2. The predicted molar refractivity (Wildman–Crippen MR) is 99.3 cm³/mol. The lowest BCUT2D eigenvalue weighted by molar-refractivity contribution is 0.415. The Balaban J connectivity index is 2.05. The molecule has 0 radical (unpaired) electrons. The highest BCUT2D eigenvalue weighted by molar-refractivity contribution is 7.91. The molecule has 0 spiro atoms. The number of rotatable bonds is 3. The van der Waals surface area contributed by atoms with Crippen molar-refractivity contribution in [1.29, 1.82) is 0 Å². The second-order valence-electron chi connectivity index (χ2n) is 5.91. The van der Waals surface area contributed by atoms with Gasteiger partial charge in [-0.15, -0.1) is 5.10 Å². The topological polar surface area (TPSA) is 106 Å². The van der Waals surface area contributed by atoms with Crippen LogP contribution in [0.15, 0.2) is 51.1 Å². The van der Waals surface area contributed by atoms with Crippen molar-refractivity contribution in [3.8, 4) is 5.75 Å². The summed E-state index contributed by atoms with van der Waals surface area (Å²) in [7, 11) is -2.61. The molecule has 0 aliphatic carbocycles. The summed E-state index contributed by atoms with van der Waals surface area (Å²) in [5.74, 6) is 0.502. The minimum atomic E-state index is -4.10. The number of nitrogens with zero attached hydrogens (tertiary/aromatic N) is 3. The fourth-order valence-electron chi connectivity index (χ4n) is 2.82. The summed E-state index contributed by atoms with van der Waals surface area (Å²) in [4.78, 5) is 16.2. The zero-order valence-electron chi connectivity index (χ0n) is 14.2. The molecule has 10 heteroatoms. The highest BCUT2D eigenvalue weighted by atomic mass is 35.5. The molecule has 2 aromatic carbocycles. The molecule has 0 saturated heterocycles. The maximum absolute atomic E-state index is 13.1. The lowest BCUT2D eigenvalue weighted by Crippen LogP contribution is -2.12. The average molecular weight is 405 g/mol. The number of H-pyrrole nitrogens is 1. The summed E-state index contributed by atoms with van der Waals surface area (Å²) in [6, 6.07) is 9.36. The number of hydrogen-bond acceptors (Lipinski definition) is 6. The van der Waals surface area contributed by atoms with Crippen molar-refractivity contribution in [2.24, 2.45) is 0 Å². The standard InChI is InChI=1S/C17H13ClN4O4S/c1-9-3-6-14(12(18)7-9)27(24,25)17-15-19-16(23)11-5-4-10(26-2)8-13(11)22(15)21-20-17/h3-8,21H,1-2H3. The number of aryl methyl sites for hydroxylation is 1. The van der Waals surface area contributed by atoms with E-state index in [-0.39, 0.29) is 20.6 Å². The van der Waals surface area contributed by atoms with Crippen molar-refractivity contribution in [2.45, 2.75) is 16.8 Å². The number of nitrogens with one attached hydrogen (secondary N) is 1. The Bertz CT molecular complexity index is 1380. The van der Waals surface area contributed by atoms with Crippen LogP contribution in [-0.2, 0) is 9.84 Å². The van der Waals surface area contributed by atoms with E-state index < -0.39 is 15.4 Å². The number of sulfone groups is 1. The van der Waals surface area contributed by atoms with Crippen molar-refractivity contribution < 1.29 is 13.2 Å². The third-order valence-electron chi connectivity index (χ3n) is 4.17. The van der Waals surface area contributed by atoms with E-state index in [2.05, 4.69) is 15.3 Å². The molecular formula is C17H13ClN4O4S. The second kappa shape index (κ2) is 6.07. The first kappa shape index (κ1) is 17.5. The van der Waals surface area contributed by atoms with E-state index in [4.69, 9.17) is 16.3 Å². The Morgan fingerprint density at radius 1 is 1.19 bits per heavy atom. The molecule has 27 heavy (non-hydrogen) atoms. The summed E-state index contributed by atoms with van der Waals surface area (Å²) in [5.41, 5.74) is 0.532. The van der Waals surface area contributed by atoms with Gasteiger partial charge in [0.05, 0.1) is 27.9 Å². The molecule has 0 fully saturated rings. The van der Waals surface area contributed by atoms with Crippen LogP contribution in [0.25, 0.3) is 16.6 Å². The minimum absolute atomic E-state index is 0.0703. The fraction of sp³-hybridized carbons (Fsp3) is 0.118. The summed E-state index contributed by atoms with van der Waals surface area (Å²) < 4.78 is 32.6. The Kier molecular flexibility index (Phi) is 3.93. The zero-order valence-corrected chi connectivity index (χ0v) is 15.8. The molecular weight excluding hydrogens is 392 g/mol. The zero-order chi connectivity index (χ0) is 19.3. The van der Waals surface area contributed by atoms with Crippen molar-refractivity contribution in [3.05, 3.63) is 57.3 Å². The molecule has 1 N–H and O–H groups in total. The molecule has 0 unspecified atom stereocenters. The smallest absolute Gasteiger partial charge is 0.281 e. The lowest BCUT2D eigenvalue weighted by Gasteiger charge is -2.06. The highest BCUT2D eigenvalue weighted by Crippen LogP contribution is 2.29. The molecule has 2 aromatic heterocycles. The largest absolute Gasteiger partial charge is 0.497 e. The highest BCUT2D eigenvalue weighted by Gasteiger charge is 2.28. The molecule has 0 bridgehead atoms. The van der Waals surface area contributed by atoms with Crippen molar-refractivity contribution in [1.82, 2.24) is 19.8 Å². The van der Waals surface area contributed by atoms with Crippen LogP contribution in [-0.4, -0.2) is 35.3 Å². The normalized spacial score (nSPS) is 12.0. The van der Waals surface area contributed by atoms with Gasteiger partial charge in [-0.1, -0.05) is 17.7 Å². The number of hydrogen-bond donors (Lipinski definition) is 1. The molecule has 0 aliphatic heterocycles. The van der Waals surface area contributed by atoms with Crippen molar-refractivity contribution in [3.63, 3.8) is 0 Å². The van der Waals surface area contributed by atoms with Gasteiger partial charge in [-0.05, 0) is 36.8 Å². The van der Waals surface area contributed by atoms with Crippen LogP contribution < -0.4 is 10.3 Å².